The zero-order chi connectivity index (χ0) is 18.4. The molecular weight excluding hydrogens is 330 g/mol. The molecule has 0 bridgehead atoms. The Morgan fingerprint density at radius 3 is 2.92 bits per heavy atom. The molecule has 1 unspecified atom stereocenters. The molecule has 2 fully saturated rings. The number of phenols is 1. The van der Waals surface area contributed by atoms with Crippen LogP contribution >= 0.6 is 0 Å². The third kappa shape index (κ3) is 5.46. The van der Waals surface area contributed by atoms with Crippen molar-refractivity contribution in [3.8, 4) is 5.75 Å². The molecule has 142 valence electrons. The number of nitrogens with zero attached hydrogens (tertiary/aromatic N) is 2. The van der Waals surface area contributed by atoms with Crippen molar-refractivity contribution in [1.29, 1.82) is 0 Å². The van der Waals surface area contributed by atoms with Gasteiger partial charge >= 0.3 is 0 Å². The number of benzene rings is 1. The molecule has 2 amide bonds. The minimum atomic E-state index is -0.0514. The summed E-state index contributed by atoms with van der Waals surface area (Å²) in [6.07, 6.45) is 5.55. The summed E-state index contributed by atoms with van der Waals surface area (Å²) < 4.78 is 0. The molecule has 2 saturated heterocycles. The van der Waals surface area contributed by atoms with Crippen molar-refractivity contribution >= 4 is 11.8 Å². The molecule has 6 nitrogen and oxygen atoms in total. The molecule has 0 spiro atoms. The van der Waals surface area contributed by atoms with Crippen LogP contribution in [0.5, 0.6) is 5.75 Å². The zero-order valence-electron chi connectivity index (χ0n) is 15.3. The van der Waals surface area contributed by atoms with Crippen LogP contribution in [0.25, 0.3) is 0 Å². The van der Waals surface area contributed by atoms with Gasteiger partial charge in [-0.1, -0.05) is 18.6 Å². The summed E-state index contributed by atoms with van der Waals surface area (Å²) >= 11 is 0. The zero-order valence-corrected chi connectivity index (χ0v) is 15.3. The van der Waals surface area contributed by atoms with E-state index in [1.807, 2.05) is 12.1 Å². The van der Waals surface area contributed by atoms with Crippen LogP contribution < -0.4 is 5.32 Å². The Morgan fingerprint density at radius 1 is 1.19 bits per heavy atom. The molecule has 0 aliphatic carbocycles. The van der Waals surface area contributed by atoms with Crippen LogP contribution in [0.3, 0.4) is 0 Å². The quantitative estimate of drug-likeness (QED) is 0.842. The van der Waals surface area contributed by atoms with Gasteiger partial charge in [-0.3, -0.25) is 14.5 Å². The van der Waals surface area contributed by atoms with E-state index < -0.39 is 0 Å². The number of hydrogen-bond donors (Lipinski definition) is 2. The van der Waals surface area contributed by atoms with Crippen molar-refractivity contribution < 1.29 is 14.7 Å². The summed E-state index contributed by atoms with van der Waals surface area (Å²) in [5.41, 5.74) is 1.08. The number of phenolic OH excluding ortho intramolecular Hbond substituents is 1. The van der Waals surface area contributed by atoms with E-state index in [0.29, 0.717) is 13.0 Å². The third-order valence-corrected chi connectivity index (χ3v) is 5.19. The highest BCUT2D eigenvalue weighted by Gasteiger charge is 2.24. The van der Waals surface area contributed by atoms with Gasteiger partial charge in [0, 0.05) is 32.1 Å². The molecule has 2 aliphatic heterocycles. The number of nitrogens with one attached hydrogen (secondary N) is 1. The first-order chi connectivity index (χ1) is 12.6. The van der Waals surface area contributed by atoms with Crippen molar-refractivity contribution in [2.75, 3.05) is 26.2 Å². The minimum absolute atomic E-state index is 0.0514. The predicted molar refractivity (Wildman–Crippen MR) is 99.6 cm³/mol. The Bertz CT molecular complexity index is 634. The van der Waals surface area contributed by atoms with Crippen molar-refractivity contribution in [1.82, 2.24) is 15.1 Å². The first kappa shape index (κ1) is 18.7. The summed E-state index contributed by atoms with van der Waals surface area (Å²) in [5, 5.41) is 12.7. The maximum Gasteiger partial charge on any atom is 0.239 e. The third-order valence-electron chi connectivity index (χ3n) is 5.19. The van der Waals surface area contributed by atoms with E-state index in [1.54, 1.807) is 17.0 Å². The number of likely N-dealkylation sites (tertiary alicyclic amines) is 2. The Labute approximate surface area is 155 Å². The Kier molecular flexibility index (Phi) is 6.50. The number of hydrogen-bond acceptors (Lipinski definition) is 4. The first-order valence-corrected chi connectivity index (χ1v) is 9.67. The van der Waals surface area contributed by atoms with Gasteiger partial charge in [0.1, 0.15) is 5.75 Å². The number of rotatable bonds is 5. The average Bonchev–Trinajstić information content (AvgIpc) is 2.80. The molecule has 26 heavy (non-hydrogen) atoms. The largest absolute Gasteiger partial charge is 0.508 e. The molecule has 0 radical (unpaired) electrons. The van der Waals surface area contributed by atoms with Crippen LogP contribution in [-0.2, 0) is 16.1 Å². The van der Waals surface area contributed by atoms with Gasteiger partial charge < -0.3 is 15.3 Å². The summed E-state index contributed by atoms with van der Waals surface area (Å²) in [6.45, 7) is 3.44. The number of amides is 2. The molecule has 6 heteroatoms. The average molecular weight is 359 g/mol. The van der Waals surface area contributed by atoms with Crippen molar-refractivity contribution in [3.63, 3.8) is 0 Å². The van der Waals surface area contributed by atoms with E-state index in [-0.39, 0.29) is 30.2 Å². The summed E-state index contributed by atoms with van der Waals surface area (Å²) in [5.74, 6) is 0.336. The number of aromatic hydroxyl groups is 1. The fourth-order valence-corrected chi connectivity index (χ4v) is 3.88. The van der Waals surface area contributed by atoms with Crippen LogP contribution in [0.1, 0.15) is 44.1 Å². The van der Waals surface area contributed by atoms with Crippen molar-refractivity contribution in [2.45, 2.75) is 51.1 Å². The standard InChI is InChI=1S/C20H29N3O3/c24-18-8-4-6-16(12-18)13-22-10-5-7-17(14-22)21-19(25)15-23-11-3-1-2-9-20(23)26/h4,6,8,12,17,24H,1-3,5,7,9-11,13-15H2,(H,21,25). The Balaban J connectivity index is 1.48. The lowest BCUT2D eigenvalue weighted by Gasteiger charge is -2.33. The topological polar surface area (TPSA) is 72.9 Å². The van der Waals surface area contributed by atoms with Gasteiger partial charge in [0.05, 0.1) is 6.54 Å². The van der Waals surface area contributed by atoms with Gasteiger partial charge in [0.2, 0.25) is 11.8 Å². The first-order valence-electron chi connectivity index (χ1n) is 9.67. The van der Waals surface area contributed by atoms with Crippen molar-refractivity contribution in [3.05, 3.63) is 29.8 Å². The Hall–Kier alpha value is -2.08. The lowest BCUT2D eigenvalue weighted by molar-refractivity contribution is -0.136. The predicted octanol–water partition coefficient (Wildman–Crippen LogP) is 1.88. The molecule has 1 aromatic carbocycles. The van der Waals surface area contributed by atoms with Crippen LogP contribution in [0, 0.1) is 0 Å². The molecule has 0 aromatic heterocycles. The van der Waals surface area contributed by atoms with Gasteiger partial charge in [-0.25, -0.2) is 0 Å². The summed E-state index contributed by atoms with van der Waals surface area (Å²) in [4.78, 5) is 28.4. The highest BCUT2D eigenvalue weighted by molar-refractivity contribution is 5.85. The highest BCUT2D eigenvalue weighted by atomic mass is 16.3. The maximum atomic E-state index is 12.4. The summed E-state index contributed by atoms with van der Waals surface area (Å²) in [6, 6.07) is 7.44. The van der Waals surface area contributed by atoms with Crippen LogP contribution in [0.4, 0.5) is 0 Å². The molecular formula is C20H29N3O3. The van der Waals surface area contributed by atoms with E-state index in [1.165, 1.54) is 0 Å². The van der Waals surface area contributed by atoms with Gasteiger partial charge in [0.25, 0.3) is 0 Å². The molecule has 0 saturated carbocycles. The van der Waals surface area contributed by atoms with Crippen molar-refractivity contribution in [2.24, 2.45) is 0 Å². The SMILES string of the molecule is O=C(CN1CCCCCC1=O)NC1CCCN(Cc2cccc(O)c2)C1. The van der Waals surface area contributed by atoms with Crippen LogP contribution in [0.15, 0.2) is 24.3 Å². The second-order valence-electron chi connectivity index (χ2n) is 7.44. The monoisotopic (exact) mass is 359 g/mol. The smallest absolute Gasteiger partial charge is 0.239 e. The molecule has 1 atom stereocenters. The Morgan fingerprint density at radius 2 is 2.08 bits per heavy atom. The molecule has 2 aliphatic rings. The normalized spacial score (nSPS) is 22.1. The molecule has 2 N–H and O–H groups in total. The lowest BCUT2D eigenvalue weighted by atomic mass is 10.0. The summed E-state index contributed by atoms with van der Waals surface area (Å²) in [7, 11) is 0. The van der Waals surface area contributed by atoms with E-state index in [9.17, 15) is 14.7 Å². The molecule has 1 aromatic rings. The van der Waals surface area contributed by atoms with Crippen LogP contribution in [0.2, 0.25) is 0 Å². The van der Waals surface area contributed by atoms with E-state index >= 15 is 0 Å². The van der Waals surface area contributed by atoms with E-state index in [0.717, 1.165) is 57.3 Å². The number of carbonyl (C=O) groups is 2. The van der Waals surface area contributed by atoms with Gasteiger partial charge in [-0.2, -0.15) is 0 Å². The fraction of sp³-hybridized carbons (Fsp3) is 0.600. The second-order valence-corrected chi connectivity index (χ2v) is 7.44. The lowest BCUT2D eigenvalue weighted by Crippen LogP contribution is -2.50. The minimum Gasteiger partial charge on any atom is -0.508 e. The molecule has 2 heterocycles. The van der Waals surface area contributed by atoms with E-state index in [2.05, 4.69) is 10.2 Å². The molecule has 3 rings (SSSR count). The van der Waals surface area contributed by atoms with Gasteiger partial charge in [-0.15, -0.1) is 0 Å². The van der Waals surface area contributed by atoms with Crippen LogP contribution in [-0.4, -0.2) is 58.9 Å². The van der Waals surface area contributed by atoms with Gasteiger partial charge in [0.15, 0.2) is 0 Å². The maximum absolute atomic E-state index is 12.4. The van der Waals surface area contributed by atoms with E-state index in [4.69, 9.17) is 0 Å². The fourth-order valence-electron chi connectivity index (χ4n) is 3.88. The van der Waals surface area contributed by atoms with Gasteiger partial charge in [-0.05, 0) is 49.9 Å². The number of carbonyl (C=O) groups excluding carboxylic acids is 2. The highest BCUT2D eigenvalue weighted by Crippen LogP contribution is 2.17. The number of piperidine rings is 1. The second kappa shape index (κ2) is 9.03.